The van der Waals surface area contributed by atoms with E-state index in [9.17, 15) is 4.79 Å². The number of nitrogens with zero attached hydrogens (tertiary/aromatic N) is 2. The number of carbonyl (C=O) groups is 1. The van der Waals surface area contributed by atoms with Crippen LogP contribution in [0.2, 0.25) is 0 Å². The zero-order valence-electron chi connectivity index (χ0n) is 18.0. The van der Waals surface area contributed by atoms with Crippen molar-refractivity contribution < 1.29 is 14.3 Å². The van der Waals surface area contributed by atoms with E-state index in [-0.39, 0.29) is 17.7 Å². The van der Waals surface area contributed by atoms with Crippen LogP contribution in [0.25, 0.3) is 22.0 Å². The number of benzene rings is 2. The Balaban J connectivity index is 1.52. The van der Waals surface area contributed by atoms with Gasteiger partial charge in [0.05, 0.1) is 31.0 Å². The van der Waals surface area contributed by atoms with Crippen LogP contribution < -0.4 is 15.4 Å². The second-order valence-corrected chi connectivity index (χ2v) is 8.45. The molecule has 0 aliphatic carbocycles. The lowest BCUT2D eigenvalue weighted by molar-refractivity contribution is -0.0637. The van der Waals surface area contributed by atoms with Crippen molar-refractivity contribution in [2.24, 2.45) is 7.05 Å². The molecule has 1 atom stereocenters. The largest absolute Gasteiger partial charge is 0.487 e. The Morgan fingerprint density at radius 2 is 1.97 bits per heavy atom. The van der Waals surface area contributed by atoms with Gasteiger partial charge in [0.2, 0.25) is 0 Å². The molecule has 2 N–H and O–H groups in total. The van der Waals surface area contributed by atoms with E-state index in [1.807, 2.05) is 30.9 Å². The van der Waals surface area contributed by atoms with Crippen molar-refractivity contribution >= 4 is 16.9 Å². The highest BCUT2D eigenvalue weighted by molar-refractivity contribution is 5.85. The molecular formula is C24H28N4O3. The first-order valence-corrected chi connectivity index (χ1v) is 10.9. The van der Waals surface area contributed by atoms with Gasteiger partial charge in [-0.05, 0) is 42.3 Å². The molecule has 2 amide bonds. The fourth-order valence-corrected chi connectivity index (χ4v) is 4.74. The van der Waals surface area contributed by atoms with Crippen LogP contribution in [0.1, 0.15) is 37.8 Å². The zero-order chi connectivity index (χ0) is 21.4. The SMILES string of the molecule is CCNC(=O)NC1CC2(CCOCC2)Oc2ccc(-c3ccc4c(cnn4C)c3)cc21. The number of urea groups is 1. The molecule has 2 aromatic carbocycles. The molecule has 7 heteroatoms. The minimum Gasteiger partial charge on any atom is -0.487 e. The second kappa shape index (κ2) is 7.89. The second-order valence-electron chi connectivity index (χ2n) is 8.45. The molecule has 3 aromatic rings. The summed E-state index contributed by atoms with van der Waals surface area (Å²) >= 11 is 0. The third-order valence-corrected chi connectivity index (χ3v) is 6.41. The Morgan fingerprint density at radius 3 is 2.77 bits per heavy atom. The molecule has 31 heavy (non-hydrogen) atoms. The average Bonchev–Trinajstić information content (AvgIpc) is 3.14. The molecule has 1 aromatic heterocycles. The van der Waals surface area contributed by atoms with Crippen LogP contribution in [0.15, 0.2) is 42.6 Å². The Labute approximate surface area is 181 Å². The minimum absolute atomic E-state index is 0.115. The number of carbonyl (C=O) groups excluding carboxylic acids is 1. The third-order valence-electron chi connectivity index (χ3n) is 6.41. The lowest BCUT2D eigenvalue weighted by Gasteiger charge is -2.44. The lowest BCUT2D eigenvalue weighted by Crippen LogP contribution is -2.49. The van der Waals surface area contributed by atoms with Gasteiger partial charge in [-0.25, -0.2) is 4.79 Å². The number of fused-ring (bicyclic) bond motifs is 2. The van der Waals surface area contributed by atoms with Gasteiger partial charge in [0.1, 0.15) is 11.4 Å². The lowest BCUT2D eigenvalue weighted by atomic mass is 9.81. The predicted octanol–water partition coefficient (Wildman–Crippen LogP) is 3.93. The summed E-state index contributed by atoms with van der Waals surface area (Å²) in [5, 5.41) is 11.5. The highest BCUT2D eigenvalue weighted by atomic mass is 16.5. The number of rotatable bonds is 3. The fourth-order valence-electron chi connectivity index (χ4n) is 4.74. The number of amides is 2. The van der Waals surface area contributed by atoms with E-state index >= 15 is 0 Å². The van der Waals surface area contributed by atoms with E-state index in [0.717, 1.165) is 52.6 Å². The van der Waals surface area contributed by atoms with Gasteiger partial charge in [-0.2, -0.15) is 5.10 Å². The topological polar surface area (TPSA) is 77.4 Å². The van der Waals surface area contributed by atoms with Crippen LogP contribution in [0.3, 0.4) is 0 Å². The van der Waals surface area contributed by atoms with E-state index in [4.69, 9.17) is 9.47 Å². The van der Waals surface area contributed by atoms with Crippen molar-refractivity contribution in [3.05, 3.63) is 48.2 Å². The Bertz CT molecular complexity index is 1120. The van der Waals surface area contributed by atoms with Crippen molar-refractivity contribution in [3.8, 4) is 16.9 Å². The van der Waals surface area contributed by atoms with Gasteiger partial charge in [-0.15, -0.1) is 0 Å². The highest BCUT2D eigenvalue weighted by Crippen LogP contribution is 2.45. The van der Waals surface area contributed by atoms with Crippen molar-refractivity contribution in [1.29, 1.82) is 0 Å². The molecule has 2 aliphatic heterocycles. The van der Waals surface area contributed by atoms with Crippen molar-refractivity contribution in [1.82, 2.24) is 20.4 Å². The molecule has 2 aliphatic rings. The molecule has 1 fully saturated rings. The molecule has 7 nitrogen and oxygen atoms in total. The van der Waals surface area contributed by atoms with Crippen molar-refractivity contribution in [2.75, 3.05) is 19.8 Å². The van der Waals surface area contributed by atoms with E-state index < -0.39 is 0 Å². The van der Waals surface area contributed by atoms with E-state index in [1.54, 1.807) is 0 Å². The van der Waals surface area contributed by atoms with Crippen LogP contribution in [-0.4, -0.2) is 41.2 Å². The molecular weight excluding hydrogens is 392 g/mol. The van der Waals surface area contributed by atoms with E-state index in [0.29, 0.717) is 19.8 Å². The molecule has 0 bridgehead atoms. The number of aromatic nitrogens is 2. The molecule has 0 saturated carbocycles. The maximum Gasteiger partial charge on any atom is 0.315 e. The van der Waals surface area contributed by atoms with Crippen molar-refractivity contribution in [2.45, 2.75) is 37.8 Å². The summed E-state index contributed by atoms with van der Waals surface area (Å²) in [6.45, 7) is 3.88. The molecule has 1 saturated heterocycles. The summed E-state index contributed by atoms with van der Waals surface area (Å²) in [6.07, 6.45) is 4.29. The average molecular weight is 421 g/mol. The van der Waals surface area contributed by atoms with Gasteiger partial charge < -0.3 is 20.1 Å². The first-order valence-electron chi connectivity index (χ1n) is 10.9. The third kappa shape index (κ3) is 3.74. The molecule has 162 valence electrons. The number of ether oxygens (including phenoxy) is 2. The highest BCUT2D eigenvalue weighted by Gasteiger charge is 2.42. The van der Waals surface area contributed by atoms with Crippen molar-refractivity contribution in [3.63, 3.8) is 0 Å². The summed E-state index contributed by atoms with van der Waals surface area (Å²) < 4.78 is 14.0. The number of hydrogen-bond acceptors (Lipinski definition) is 4. The van der Waals surface area contributed by atoms with Crippen LogP contribution in [-0.2, 0) is 11.8 Å². The molecule has 0 radical (unpaired) electrons. The summed E-state index contributed by atoms with van der Waals surface area (Å²) in [7, 11) is 1.95. The Kier molecular flexibility index (Phi) is 5.06. The monoisotopic (exact) mass is 420 g/mol. The smallest absolute Gasteiger partial charge is 0.315 e. The first kappa shape index (κ1) is 19.9. The summed E-state index contributed by atoms with van der Waals surface area (Å²) in [5.41, 5.74) is 4.05. The molecule has 1 unspecified atom stereocenters. The van der Waals surface area contributed by atoms with Gasteiger partial charge in [0.25, 0.3) is 0 Å². The van der Waals surface area contributed by atoms with Crippen LogP contribution in [0.5, 0.6) is 5.75 Å². The van der Waals surface area contributed by atoms with Crippen LogP contribution >= 0.6 is 0 Å². The quantitative estimate of drug-likeness (QED) is 0.673. The van der Waals surface area contributed by atoms with Crippen LogP contribution in [0, 0.1) is 0 Å². The van der Waals surface area contributed by atoms with Gasteiger partial charge in [0, 0.05) is 43.8 Å². The van der Waals surface area contributed by atoms with Gasteiger partial charge in [0.15, 0.2) is 0 Å². The summed E-state index contributed by atoms with van der Waals surface area (Å²) in [5.74, 6) is 0.848. The zero-order valence-corrected chi connectivity index (χ0v) is 18.0. The molecule has 1 spiro atoms. The predicted molar refractivity (Wildman–Crippen MR) is 119 cm³/mol. The first-order chi connectivity index (χ1) is 15.1. The number of aryl methyl sites for hydroxylation is 1. The maximum absolute atomic E-state index is 12.4. The van der Waals surface area contributed by atoms with Gasteiger partial charge in [-0.1, -0.05) is 12.1 Å². The number of nitrogens with one attached hydrogen (secondary N) is 2. The molecule has 3 heterocycles. The van der Waals surface area contributed by atoms with Crippen LogP contribution in [0.4, 0.5) is 4.79 Å². The Morgan fingerprint density at radius 1 is 1.19 bits per heavy atom. The van der Waals surface area contributed by atoms with E-state index in [2.05, 4.69) is 46.1 Å². The maximum atomic E-state index is 12.4. The number of hydrogen-bond donors (Lipinski definition) is 2. The fraction of sp³-hybridized carbons (Fsp3) is 0.417. The molecule has 5 rings (SSSR count). The van der Waals surface area contributed by atoms with Gasteiger partial charge in [-0.3, -0.25) is 4.68 Å². The summed E-state index contributed by atoms with van der Waals surface area (Å²) in [4.78, 5) is 12.4. The summed E-state index contributed by atoms with van der Waals surface area (Å²) in [6, 6.07) is 12.4. The van der Waals surface area contributed by atoms with E-state index in [1.165, 1.54) is 0 Å². The normalized spacial score (nSPS) is 19.6. The Hall–Kier alpha value is -3.06. The standard InChI is InChI=1S/C24H28N4O3/c1-3-25-23(29)27-20-14-24(8-10-30-11-9-24)31-22-7-5-17(13-19(20)22)16-4-6-21-18(12-16)15-26-28(21)2/h4-7,12-13,15,20H,3,8-11,14H2,1-2H3,(H2,25,27,29). The minimum atomic E-state index is -0.286. The van der Waals surface area contributed by atoms with Gasteiger partial charge >= 0.3 is 6.03 Å².